The van der Waals surface area contributed by atoms with Gasteiger partial charge in [0.1, 0.15) is 11.8 Å². The van der Waals surface area contributed by atoms with Crippen LogP contribution in [0.15, 0.2) is 72.8 Å². The minimum atomic E-state index is 0.147. The van der Waals surface area contributed by atoms with E-state index in [2.05, 4.69) is 17.9 Å². The van der Waals surface area contributed by atoms with E-state index in [-0.39, 0.29) is 6.10 Å². The van der Waals surface area contributed by atoms with Crippen LogP contribution in [0.5, 0.6) is 5.75 Å². The maximum Gasteiger partial charge on any atom is 0.119 e. The average molecular weight is 361 g/mol. The lowest BCUT2D eigenvalue weighted by Gasteiger charge is -2.10. The van der Waals surface area contributed by atoms with Crippen LogP contribution in [-0.4, -0.2) is 6.10 Å². The summed E-state index contributed by atoms with van der Waals surface area (Å²) in [6, 6.07) is 26.1. The molecule has 4 rings (SSSR count). The van der Waals surface area contributed by atoms with E-state index in [9.17, 15) is 5.26 Å². The Labute approximate surface area is 165 Å². The molecule has 0 saturated heterocycles. The molecule has 0 radical (unpaired) electrons. The predicted molar refractivity (Wildman–Crippen MR) is 114 cm³/mol. The summed E-state index contributed by atoms with van der Waals surface area (Å²) < 4.78 is 5.69. The van der Waals surface area contributed by atoms with Crippen molar-refractivity contribution < 1.29 is 4.74 Å². The fourth-order valence-electron chi connectivity index (χ4n) is 3.41. The number of benzene rings is 4. The third kappa shape index (κ3) is 3.29. The second-order valence-electron chi connectivity index (χ2n) is 6.89. The molecule has 0 amide bonds. The van der Waals surface area contributed by atoms with Crippen molar-refractivity contribution in [2.45, 2.75) is 20.0 Å². The Morgan fingerprint density at radius 2 is 1.18 bits per heavy atom. The van der Waals surface area contributed by atoms with E-state index >= 15 is 0 Å². The zero-order valence-corrected chi connectivity index (χ0v) is 15.9. The monoisotopic (exact) mass is 361 g/mol. The third-order valence-corrected chi connectivity index (χ3v) is 4.60. The van der Waals surface area contributed by atoms with Crippen molar-refractivity contribution in [2.75, 3.05) is 0 Å². The Morgan fingerprint density at radius 1 is 0.679 bits per heavy atom. The molecule has 28 heavy (non-hydrogen) atoms. The lowest BCUT2D eigenvalue weighted by Crippen LogP contribution is -2.05. The van der Waals surface area contributed by atoms with Crippen molar-refractivity contribution in [3.05, 3.63) is 89.5 Å². The molecule has 0 N–H and O–H groups in total. The van der Waals surface area contributed by atoms with Crippen LogP contribution < -0.4 is 4.74 Å². The summed E-state index contributed by atoms with van der Waals surface area (Å²) in [6.07, 6.45) is 0.147. The Bertz CT molecular complexity index is 1210. The number of hydrogen-bond acceptors (Lipinski definition) is 2. The standard InChI is InChI=1S/C26H19NO/c1-18(2)28-20-14-11-19(12-15-20)13-16-25-21-7-3-5-9-23(21)26(17-27)24-10-6-4-8-22(24)25/h3-12,14-15,18H,1-2H3. The summed E-state index contributed by atoms with van der Waals surface area (Å²) in [6.45, 7) is 4.02. The minimum absolute atomic E-state index is 0.147. The molecule has 2 heteroatoms. The SMILES string of the molecule is CC(C)Oc1ccc(C#Cc2c3ccccc3c(C#N)c3ccccc23)cc1. The highest BCUT2D eigenvalue weighted by atomic mass is 16.5. The van der Waals surface area contributed by atoms with Gasteiger partial charge < -0.3 is 4.74 Å². The molecular weight excluding hydrogens is 342 g/mol. The van der Waals surface area contributed by atoms with Crippen LogP contribution in [-0.2, 0) is 0 Å². The number of nitrogens with zero attached hydrogens (tertiary/aromatic N) is 1. The van der Waals surface area contributed by atoms with Crippen LogP contribution in [0.3, 0.4) is 0 Å². The highest BCUT2D eigenvalue weighted by molar-refractivity contribution is 6.09. The topological polar surface area (TPSA) is 33.0 Å². The van der Waals surface area contributed by atoms with Gasteiger partial charge in [-0.05, 0) is 48.9 Å². The maximum absolute atomic E-state index is 9.72. The molecule has 134 valence electrons. The molecule has 4 aromatic carbocycles. The number of fused-ring (bicyclic) bond motifs is 2. The van der Waals surface area contributed by atoms with Gasteiger partial charge >= 0.3 is 0 Å². The molecule has 0 aliphatic rings. The van der Waals surface area contributed by atoms with E-state index < -0.39 is 0 Å². The molecule has 0 spiro atoms. The van der Waals surface area contributed by atoms with Crippen molar-refractivity contribution in [3.63, 3.8) is 0 Å². The number of nitriles is 1. The van der Waals surface area contributed by atoms with Gasteiger partial charge in [0.15, 0.2) is 0 Å². The van der Waals surface area contributed by atoms with E-state index in [4.69, 9.17) is 4.74 Å². The molecule has 0 saturated carbocycles. The van der Waals surface area contributed by atoms with Gasteiger partial charge in [0.05, 0.1) is 11.7 Å². The zero-order valence-electron chi connectivity index (χ0n) is 15.9. The van der Waals surface area contributed by atoms with Crippen molar-refractivity contribution in [2.24, 2.45) is 0 Å². The molecule has 0 bridgehead atoms. The smallest absolute Gasteiger partial charge is 0.119 e. The molecule has 0 aliphatic heterocycles. The molecule has 0 aliphatic carbocycles. The van der Waals surface area contributed by atoms with E-state index in [1.165, 1.54) is 0 Å². The fourth-order valence-corrected chi connectivity index (χ4v) is 3.41. The van der Waals surface area contributed by atoms with Gasteiger partial charge in [-0.2, -0.15) is 5.26 Å². The fraction of sp³-hybridized carbons (Fsp3) is 0.115. The largest absolute Gasteiger partial charge is 0.491 e. The molecular formula is C26H19NO. The second-order valence-corrected chi connectivity index (χ2v) is 6.89. The quantitative estimate of drug-likeness (QED) is 0.321. The van der Waals surface area contributed by atoms with Gasteiger partial charge in [0, 0.05) is 21.9 Å². The number of ether oxygens (including phenoxy) is 1. The first-order valence-corrected chi connectivity index (χ1v) is 9.29. The Balaban J connectivity index is 1.88. The van der Waals surface area contributed by atoms with E-state index in [1.54, 1.807) is 0 Å². The van der Waals surface area contributed by atoms with Crippen molar-refractivity contribution in [1.29, 1.82) is 5.26 Å². The van der Waals surface area contributed by atoms with E-state index in [0.717, 1.165) is 38.4 Å². The molecule has 0 unspecified atom stereocenters. The molecule has 0 atom stereocenters. The van der Waals surface area contributed by atoms with Crippen LogP contribution in [0, 0.1) is 23.2 Å². The van der Waals surface area contributed by atoms with E-state index in [1.807, 2.05) is 86.6 Å². The van der Waals surface area contributed by atoms with Crippen LogP contribution in [0.2, 0.25) is 0 Å². The van der Waals surface area contributed by atoms with Gasteiger partial charge in [-0.1, -0.05) is 60.4 Å². The summed E-state index contributed by atoms with van der Waals surface area (Å²) in [5.41, 5.74) is 2.58. The molecule has 0 fully saturated rings. The second kappa shape index (κ2) is 7.47. The van der Waals surface area contributed by atoms with Crippen LogP contribution in [0.25, 0.3) is 21.5 Å². The Morgan fingerprint density at radius 3 is 1.64 bits per heavy atom. The average Bonchev–Trinajstić information content (AvgIpc) is 2.72. The summed E-state index contributed by atoms with van der Waals surface area (Å²) >= 11 is 0. The third-order valence-electron chi connectivity index (χ3n) is 4.60. The highest BCUT2D eigenvalue weighted by Gasteiger charge is 2.11. The van der Waals surface area contributed by atoms with E-state index in [0.29, 0.717) is 5.56 Å². The molecule has 0 aromatic heterocycles. The molecule has 2 nitrogen and oxygen atoms in total. The lowest BCUT2D eigenvalue weighted by molar-refractivity contribution is 0.242. The highest BCUT2D eigenvalue weighted by Crippen LogP contribution is 2.32. The van der Waals surface area contributed by atoms with Crippen molar-refractivity contribution >= 4 is 21.5 Å². The van der Waals surface area contributed by atoms with Gasteiger partial charge in [0.2, 0.25) is 0 Å². The lowest BCUT2D eigenvalue weighted by atomic mass is 9.92. The molecule has 0 heterocycles. The van der Waals surface area contributed by atoms with Gasteiger partial charge in [-0.15, -0.1) is 0 Å². The number of hydrogen-bond donors (Lipinski definition) is 0. The summed E-state index contributed by atoms with van der Waals surface area (Å²) in [4.78, 5) is 0. The Hall–Kier alpha value is -3.75. The van der Waals surface area contributed by atoms with Crippen LogP contribution >= 0.6 is 0 Å². The Kier molecular flexibility index (Phi) is 4.71. The number of rotatable bonds is 2. The van der Waals surface area contributed by atoms with Crippen molar-refractivity contribution in [3.8, 4) is 23.7 Å². The van der Waals surface area contributed by atoms with Gasteiger partial charge in [-0.3, -0.25) is 0 Å². The van der Waals surface area contributed by atoms with Crippen LogP contribution in [0.1, 0.15) is 30.5 Å². The summed E-state index contributed by atoms with van der Waals surface area (Å²) in [5, 5.41) is 13.6. The van der Waals surface area contributed by atoms with Gasteiger partial charge in [0.25, 0.3) is 0 Å². The minimum Gasteiger partial charge on any atom is -0.491 e. The first-order chi connectivity index (χ1) is 13.7. The van der Waals surface area contributed by atoms with Crippen LogP contribution in [0.4, 0.5) is 0 Å². The maximum atomic E-state index is 9.72. The predicted octanol–water partition coefficient (Wildman–Crippen LogP) is 6.05. The zero-order chi connectivity index (χ0) is 19.5. The molecule has 4 aromatic rings. The summed E-state index contributed by atoms with van der Waals surface area (Å²) in [7, 11) is 0. The van der Waals surface area contributed by atoms with Crippen molar-refractivity contribution in [1.82, 2.24) is 0 Å². The van der Waals surface area contributed by atoms with Gasteiger partial charge in [-0.25, -0.2) is 0 Å². The first-order valence-electron chi connectivity index (χ1n) is 9.29. The normalized spacial score (nSPS) is 10.5. The first kappa shape index (κ1) is 17.7. The summed E-state index contributed by atoms with van der Waals surface area (Å²) in [5.74, 6) is 7.48.